The predicted octanol–water partition coefficient (Wildman–Crippen LogP) is 3.30. The first kappa shape index (κ1) is 12.8. The lowest BCUT2D eigenvalue weighted by Crippen LogP contribution is -2.29. The first-order chi connectivity index (χ1) is 7.36. The molecule has 3 N–H and O–H groups in total. The molecule has 0 aromatic heterocycles. The summed E-state index contributed by atoms with van der Waals surface area (Å²) in [6, 6.07) is 5.07. The van der Waals surface area contributed by atoms with Crippen LogP contribution in [-0.2, 0) is 4.79 Å². The molecule has 0 heterocycles. The van der Waals surface area contributed by atoms with E-state index in [9.17, 15) is 4.79 Å². The second-order valence-electron chi connectivity index (χ2n) is 4.43. The number of nitrogen functional groups attached to an aromatic ring is 1. The number of halogens is 1. The molecule has 0 aliphatic rings. The number of rotatable bonds is 3. The molecule has 0 saturated heterocycles. The fraction of sp³-hybridized carbons (Fsp3) is 0.417. The average Bonchev–Trinajstić information content (AvgIpc) is 2.23. The van der Waals surface area contributed by atoms with Crippen LogP contribution in [0.3, 0.4) is 0 Å². The molecule has 4 heteroatoms. The lowest BCUT2D eigenvalue weighted by Gasteiger charge is -2.21. The molecule has 16 heavy (non-hydrogen) atoms. The van der Waals surface area contributed by atoms with Gasteiger partial charge in [-0.15, -0.1) is 0 Å². The standard InChI is InChI=1S/C12H17ClN2O/c1-4-12(2,3)11(16)15-8-5-6-9(13)10(14)7-8/h5-7H,4,14H2,1-3H3,(H,15,16). The molecule has 1 aromatic carbocycles. The number of carbonyl (C=O) groups is 1. The van der Waals surface area contributed by atoms with Crippen molar-refractivity contribution in [3.05, 3.63) is 23.2 Å². The van der Waals surface area contributed by atoms with Gasteiger partial charge < -0.3 is 11.1 Å². The summed E-state index contributed by atoms with van der Waals surface area (Å²) in [6.07, 6.45) is 0.780. The molecule has 0 aliphatic carbocycles. The van der Waals surface area contributed by atoms with Crippen molar-refractivity contribution in [2.24, 2.45) is 5.41 Å². The van der Waals surface area contributed by atoms with Gasteiger partial charge in [0, 0.05) is 11.1 Å². The van der Waals surface area contributed by atoms with E-state index in [0.717, 1.165) is 6.42 Å². The van der Waals surface area contributed by atoms with Gasteiger partial charge >= 0.3 is 0 Å². The molecule has 0 bridgehead atoms. The fourth-order valence-electron chi connectivity index (χ4n) is 1.08. The van der Waals surface area contributed by atoms with Crippen LogP contribution in [0, 0.1) is 5.41 Å². The van der Waals surface area contributed by atoms with E-state index < -0.39 is 0 Å². The van der Waals surface area contributed by atoms with Crippen LogP contribution in [0.4, 0.5) is 11.4 Å². The van der Waals surface area contributed by atoms with Crippen molar-refractivity contribution in [2.75, 3.05) is 11.1 Å². The summed E-state index contributed by atoms with van der Waals surface area (Å²) in [5.41, 5.74) is 6.42. The molecule has 88 valence electrons. The highest BCUT2D eigenvalue weighted by Crippen LogP contribution is 2.25. The Bertz CT molecular complexity index is 402. The van der Waals surface area contributed by atoms with Gasteiger partial charge in [-0.05, 0) is 24.6 Å². The Morgan fingerprint density at radius 2 is 2.12 bits per heavy atom. The van der Waals surface area contributed by atoms with Crippen molar-refractivity contribution < 1.29 is 4.79 Å². The number of hydrogen-bond donors (Lipinski definition) is 2. The van der Waals surface area contributed by atoms with Gasteiger partial charge in [-0.1, -0.05) is 32.4 Å². The maximum atomic E-state index is 11.9. The molecule has 0 radical (unpaired) electrons. The molecule has 0 atom stereocenters. The van der Waals surface area contributed by atoms with E-state index in [1.807, 2.05) is 20.8 Å². The first-order valence-electron chi connectivity index (χ1n) is 5.23. The number of carbonyl (C=O) groups excluding carboxylic acids is 1. The molecule has 3 nitrogen and oxygen atoms in total. The van der Waals surface area contributed by atoms with E-state index >= 15 is 0 Å². The number of nitrogens with one attached hydrogen (secondary N) is 1. The Kier molecular flexibility index (Phi) is 3.81. The van der Waals surface area contributed by atoms with Gasteiger partial charge in [0.1, 0.15) is 0 Å². The van der Waals surface area contributed by atoms with Crippen LogP contribution in [0.25, 0.3) is 0 Å². The number of nitrogens with two attached hydrogens (primary N) is 1. The zero-order valence-electron chi connectivity index (χ0n) is 9.80. The normalized spacial score (nSPS) is 11.2. The van der Waals surface area contributed by atoms with Crippen LogP contribution in [0.1, 0.15) is 27.2 Å². The lowest BCUT2D eigenvalue weighted by molar-refractivity contribution is -0.124. The Hall–Kier alpha value is -1.22. The highest BCUT2D eigenvalue weighted by Gasteiger charge is 2.25. The largest absolute Gasteiger partial charge is 0.397 e. The molecule has 0 saturated carbocycles. The Labute approximate surface area is 101 Å². The quantitative estimate of drug-likeness (QED) is 0.797. The lowest BCUT2D eigenvalue weighted by atomic mass is 9.89. The smallest absolute Gasteiger partial charge is 0.230 e. The number of anilines is 2. The summed E-state index contributed by atoms with van der Waals surface area (Å²) in [5.74, 6) is -0.0169. The van der Waals surface area contributed by atoms with Crippen LogP contribution >= 0.6 is 11.6 Å². The van der Waals surface area contributed by atoms with Crippen molar-refractivity contribution in [1.29, 1.82) is 0 Å². The third kappa shape index (κ3) is 2.89. The zero-order valence-corrected chi connectivity index (χ0v) is 10.6. The van der Waals surface area contributed by atoms with E-state index in [4.69, 9.17) is 17.3 Å². The third-order valence-electron chi connectivity index (χ3n) is 2.75. The van der Waals surface area contributed by atoms with Crippen molar-refractivity contribution in [3.8, 4) is 0 Å². The second kappa shape index (κ2) is 4.74. The Morgan fingerprint density at radius 1 is 1.50 bits per heavy atom. The summed E-state index contributed by atoms with van der Waals surface area (Å²) in [7, 11) is 0. The van der Waals surface area contributed by atoms with Gasteiger partial charge in [0.25, 0.3) is 0 Å². The molecular weight excluding hydrogens is 224 g/mol. The molecule has 1 amide bonds. The van der Waals surface area contributed by atoms with Crippen molar-refractivity contribution in [2.45, 2.75) is 27.2 Å². The molecule has 0 spiro atoms. The minimum Gasteiger partial charge on any atom is -0.397 e. The van der Waals surface area contributed by atoms with E-state index in [1.165, 1.54) is 0 Å². The third-order valence-corrected chi connectivity index (χ3v) is 3.10. The van der Waals surface area contributed by atoms with Crippen LogP contribution < -0.4 is 11.1 Å². The second-order valence-corrected chi connectivity index (χ2v) is 4.84. The summed E-state index contributed by atoms with van der Waals surface area (Å²) < 4.78 is 0. The summed E-state index contributed by atoms with van der Waals surface area (Å²) in [4.78, 5) is 11.9. The molecule has 1 rings (SSSR count). The van der Waals surface area contributed by atoms with Gasteiger partial charge in [-0.25, -0.2) is 0 Å². The van der Waals surface area contributed by atoms with Gasteiger partial charge in [0.05, 0.1) is 10.7 Å². The minimum atomic E-state index is -0.381. The van der Waals surface area contributed by atoms with Crippen molar-refractivity contribution >= 4 is 28.9 Å². The van der Waals surface area contributed by atoms with Crippen LogP contribution in [0.15, 0.2) is 18.2 Å². The van der Waals surface area contributed by atoms with E-state index in [2.05, 4.69) is 5.32 Å². The topological polar surface area (TPSA) is 55.1 Å². The molecule has 0 fully saturated rings. The van der Waals surface area contributed by atoms with E-state index in [-0.39, 0.29) is 11.3 Å². The van der Waals surface area contributed by atoms with Gasteiger partial charge in [0.15, 0.2) is 0 Å². The first-order valence-corrected chi connectivity index (χ1v) is 5.61. The van der Waals surface area contributed by atoms with Gasteiger partial charge in [-0.3, -0.25) is 4.79 Å². The van der Waals surface area contributed by atoms with Crippen LogP contribution in [-0.4, -0.2) is 5.91 Å². The van der Waals surface area contributed by atoms with Crippen molar-refractivity contribution in [1.82, 2.24) is 0 Å². The molecular formula is C12H17ClN2O. The van der Waals surface area contributed by atoms with Gasteiger partial charge in [0.2, 0.25) is 5.91 Å². The van der Waals surface area contributed by atoms with Crippen molar-refractivity contribution in [3.63, 3.8) is 0 Å². The number of amides is 1. The summed E-state index contributed by atoms with van der Waals surface area (Å²) >= 11 is 5.80. The summed E-state index contributed by atoms with van der Waals surface area (Å²) in [5, 5.41) is 3.32. The Balaban J connectivity index is 2.82. The SMILES string of the molecule is CCC(C)(C)C(=O)Nc1ccc(Cl)c(N)c1. The molecule has 1 aromatic rings. The van der Waals surface area contributed by atoms with Crippen LogP contribution in [0.2, 0.25) is 5.02 Å². The minimum absolute atomic E-state index is 0.0169. The maximum absolute atomic E-state index is 11.9. The van der Waals surface area contributed by atoms with Gasteiger partial charge in [-0.2, -0.15) is 0 Å². The maximum Gasteiger partial charge on any atom is 0.230 e. The number of hydrogen-bond acceptors (Lipinski definition) is 2. The Morgan fingerprint density at radius 3 is 2.62 bits per heavy atom. The highest BCUT2D eigenvalue weighted by molar-refractivity contribution is 6.33. The zero-order chi connectivity index (χ0) is 12.3. The van der Waals surface area contributed by atoms with Crippen LogP contribution in [0.5, 0.6) is 0 Å². The monoisotopic (exact) mass is 240 g/mol. The number of benzene rings is 1. The molecule has 0 unspecified atom stereocenters. The van der Waals surface area contributed by atoms with E-state index in [1.54, 1.807) is 18.2 Å². The molecule has 0 aliphatic heterocycles. The summed E-state index contributed by atoms with van der Waals surface area (Å²) in [6.45, 7) is 5.79. The average molecular weight is 241 g/mol. The fourth-order valence-corrected chi connectivity index (χ4v) is 1.20. The van der Waals surface area contributed by atoms with E-state index in [0.29, 0.717) is 16.4 Å². The highest BCUT2D eigenvalue weighted by atomic mass is 35.5. The predicted molar refractivity (Wildman–Crippen MR) is 68.6 cm³/mol.